The molecule has 0 unspecified atom stereocenters. The first-order valence-corrected chi connectivity index (χ1v) is 11.0. The Morgan fingerprint density at radius 2 is 2.00 bits per heavy atom. The van der Waals surface area contributed by atoms with Crippen LogP contribution in [0.25, 0.3) is 0 Å². The summed E-state index contributed by atoms with van der Waals surface area (Å²) in [5.74, 6) is 2.27. The molecule has 1 aliphatic heterocycles. The molecule has 1 aromatic carbocycles. The van der Waals surface area contributed by atoms with Gasteiger partial charge in [0.15, 0.2) is 5.96 Å². The molecular weight excluding hydrogens is 474 g/mol. The highest BCUT2D eigenvalue weighted by Crippen LogP contribution is 2.19. The normalized spacial score (nSPS) is 16.1. The quantitative estimate of drug-likeness (QED) is 0.315. The number of likely N-dealkylation sites (tertiary alicyclic amines) is 1. The minimum absolute atomic E-state index is 0. The Balaban J connectivity index is 0.00000364. The molecule has 0 spiro atoms. The molecule has 0 saturated carbocycles. The van der Waals surface area contributed by atoms with Gasteiger partial charge in [0.05, 0.1) is 0 Å². The van der Waals surface area contributed by atoms with Crippen molar-refractivity contribution >= 4 is 41.7 Å². The maximum atomic E-state index is 13.5. The number of benzene rings is 1. The van der Waals surface area contributed by atoms with Crippen LogP contribution in [0, 0.1) is 11.7 Å². The molecule has 7 heteroatoms. The van der Waals surface area contributed by atoms with Crippen molar-refractivity contribution in [1.29, 1.82) is 0 Å². The fourth-order valence-corrected chi connectivity index (χ4v) is 4.02. The minimum atomic E-state index is -0.172. The zero-order valence-corrected chi connectivity index (χ0v) is 19.9. The first-order valence-electron chi connectivity index (χ1n) is 9.59. The predicted octanol–water partition coefficient (Wildman–Crippen LogP) is 4.09. The van der Waals surface area contributed by atoms with Gasteiger partial charge in [-0.15, -0.1) is 24.0 Å². The van der Waals surface area contributed by atoms with Crippen molar-refractivity contribution in [3.05, 3.63) is 35.1 Å². The molecule has 0 aliphatic carbocycles. The molecule has 1 fully saturated rings. The minimum Gasteiger partial charge on any atom is -0.356 e. The van der Waals surface area contributed by atoms with Crippen LogP contribution < -0.4 is 10.6 Å². The molecule has 0 atom stereocenters. The summed E-state index contributed by atoms with van der Waals surface area (Å²) >= 11 is 1.71. The van der Waals surface area contributed by atoms with E-state index in [1.165, 1.54) is 45.0 Å². The van der Waals surface area contributed by atoms with E-state index in [1.807, 2.05) is 12.3 Å². The molecule has 1 heterocycles. The maximum Gasteiger partial charge on any atom is 0.191 e. The molecule has 0 bridgehead atoms. The monoisotopic (exact) mass is 508 g/mol. The summed E-state index contributed by atoms with van der Waals surface area (Å²) in [6, 6.07) is 5.02. The topological polar surface area (TPSA) is 39.7 Å². The van der Waals surface area contributed by atoms with Gasteiger partial charge in [-0.2, -0.15) is 11.8 Å². The third kappa shape index (κ3) is 8.56. The van der Waals surface area contributed by atoms with Crippen molar-refractivity contribution in [2.75, 3.05) is 39.5 Å². The van der Waals surface area contributed by atoms with Crippen LogP contribution in [-0.4, -0.2) is 50.3 Å². The Morgan fingerprint density at radius 1 is 1.26 bits per heavy atom. The number of halogens is 2. The van der Waals surface area contributed by atoms with E-state index in [0.29, 0.717) is 6.54 Å². The number of hydrogen-bond acceptors (Lipinski definition) is 3. The number of aliphatic imine (C=N–C) groups is 1. The molecule has 1 saturated heterocycles. The van der Waals surface area contributed by atoms with Crippen molar-refractivity contribution in [2.24, 2.45) is 10.9 Å². The van der Waals surface area contributed by atoms with Crippen LogP contribution in [0.3, 0.4) is 0 Å². The molecule has 4 nitrogen and oxygen atoms in total. The molecule has 2 N–H and O–H groups in total. The lowest BCUT2D eigenvalue weighted by Gasteiger charge is -2.31. The Morgan fingerprint density at radius 3 is 2.63 bits per heavy atom. The zero-order valence-electron chi connectivity index (χ0n) is 16.8. The van der Waals surface area contributed by atoms with Crippen LogP contribution in [0.5, 0.6) is 0 Å². The van der Waals surface area contributed by atoms with Crippen LogP contribution in [0.2, 0.25) is 0 Å². The number of hydrogen-bond donors (Lipinski definition) is 2. The summed E-state index contributed by atoms with van der Waals surface area (Å²) in [6.07, 6.45) is 5.82. The summed E-state index contributed by atoms with van der Waals surface area (Å²) in [7, 11) is 1.79. The average molecular weight is 508 g/mol. The van der Waals surface area contributed by atoms with Crippen LogP contribution in [0.1, 0.15) is 37.3 Å². The lowest BCUT2D eigenvalue weighted by atomic mass is 9.93. The van der Waals surface area contributed by atoms with E-state index in [2.05, 4.69) is 27.4 Å². The highest BCUT2D eigenvalue weighted by Gasteiger charge is 2.17. The Kier molecular flexibility index (Phi) is 12.3. The highest BCUT2D eigenvalue weighted by molar-refractivity contribution is 14.0. The van der Waals surface area contributed by atoms with Gasteiger partial charge in [-0.25, -0.2) is 4.39 Å². The summed E-state index contributed by atoms with van der Waals surface area (Å²) < 4.78 is 13.5. The fourth-order valence-electron chi connectivity index (χ4n) is 3.44. The lowest BCUT2D eigenvalue weighted by Crippen LogP contribution is -2.39. The zero-order chi connectivity index (χ0) is 18.8. The molecule has 0 amide bonds. The van der Waals surface area contributed by atoms with Crippen molar-refractivity contribution in [1.82, 2.24) is 15.5 Å². The molecule has 1 aliphatic rings. The van der Waals surface area contributed by atoms with Crippen molar-refractivity contribution in [3.8, 4) is 0 Å². The molecule has 154 valence electrons. The summed E-state index contributed by atoms with van der Waals surface area (Å²) in [5.41, 5.74) is 2.17. The Labute approximate surface area is 185 Å². The molecule has 0 aromatic heterocycles. The van der Waals surface area contributed by atoms with E-state index < -0.39 is 0 Å². The predicted molar refractivity (Wildman–Crippen MR) is 127 cm³/mol. The number of rotatable bonds is 8. The molecule has 0 radical (unpaired) electrons. The van der Waals surface area contributed by atoms with Crippen LogP contribution >= 0.6 is 35.7 Å². The number of piperidine rings is 1. The molecule has 27 heavy (non-hydrogen) atoms. The smallest absolute Gasteiger partial charge is 0.191 e. The fraction of sp³-hybridized carbons (Fsp3) is 0.650. The van der Waals surface area contributed by atoms with Gasteiger partial charge in [0.2, 0.25) is 0 Å². The van der Waals surface area contributed by atoms with E-state index in [0.717, 1.165) is 35.3 Å². The van der Waals surface area contributed by atoms with E-state index in [-0.39, 0.29) is 29.8 Å². The summed E-state index contributed by atoms with van der Waals surface area (Å²) in [6.45, 7) is 7.48. The third-order valence-electron chi connectivity index (χ3n) is 5.14. The second-order valence-electron chi connectivity index (χ2n) is 6.86. The molecule has 1 aromatic rings. The Hall–Kier alpha value is -0.540. The second kappa shape index (κ2) is 13.6. The van der Waals surface area contributed by atoms with Gasteiger partial charge in [-0.3, -0.25) is 4.99 Å². The van der Waals surface area contributed by atoms with Crippen LogP contribution in [0.15, 0.2) is 23.2 Å². The average Bonchev–Trinajstić information content (AvgIpc) is 2.66. The van der Waals surface area contributed by atoms with Gasteiger partial charge < -0.3 is 15.5 Å². The van der Waals surface area contributed by atoms with Gasteiger partial charge in [-0.05, 0) is 74.3 Å². The largest absolute Gasteiger partial charge is 0.356 e. The van der Waals surface area contributed by atoms with Crippen molar-refractivity contribution in [2.45, 2.75) is 38.5 Å². The summed E-state index contributed by atoms with van der Waals surface area (Å²) in [4.78, 5) is 6.84. The van der Waals surface area contributed by atoms with Gasteiger partial charge >= 0.3 is 0 Å². The van der Waals surface area contributed by atoms with Crippen LogP contribution in [-0.2, 0) is 12.3 Å². The SMILES string of the molecule is CCN1CCC(CCNC(=NC)NCc2ccc(F)cc2CSC)CC1.I. The van der Waals surface area contributed by atoms with Gasteiger partial charge in [0.25, 0.3) is 0 Å². The van der Waals surface area contributed by atoms with E-state index in [1.54, 1.807) is 24.9 Å². The molecule has 2 rings (SSSR count). The van der Waals surface area contributed by atoms with Gasteiger partial charge in [0, 0.05) is 25.9 Å². The van der Waals surface area contributed by atoms with E-state index >= 15 is 0 Å². The first-order chi connectivity index (χ1) is 12.7. The maximum absolute atomic E-state index is 13.5. The second-order valence-corrected chi connectivity index (χ2v) is 7.73. The summed E-state index contributed by atoms with van der Waals surface area (Å²) in [5, 5.41) is 6.78. The lowest BCUT2D eigenvalue weighted by molar-refractivity contribution is 0.187. The highest BCUT2D eigenvalue weighted by atomic mass is 127. The Bertz CT molecular complexity index is 577. The van der Waals surface area contributed by atoms with Crippen LogP contribution in [0.4, 0.5) is 4.39 Å². The number of nitrogens with zero attached hydrogens (tertiary/aromatic N) is 2. The number of nitrogens with one attached hydrogen (secondary N) is 2. The standard InChI is InChI=1S/C20H33FN4S.HI/c1-4-25-11-8-16(9-12-25)7-10-23-20(22-2)24-14-17-5-6-19(21)13-18(17)15-26-3;/h5-6,13,16H,4,7-12,14-15H2,1-3H3,(H2,22,23,24);1H. The molecular formula is C20H34FIN4S. The van der Waals surface area contributed by atoms with Crippen molar-refractivity contribution in [3.63, 3.8) is 0 Å². The number of thioether (sulfide) groups is 1. The van der Waals surface area contributed by atoms with E-state index in [9.17, 15) is 4.39 Å². The number of guanidine groups is 1. The van der Waals surface area contributed by atoms with E-state index in [4.69, 9.17) is 0 Å². The van der Waals surface area contributed by atoms with Gasteiger partial charge in [-0.1, -0.05) is 13.0 Å². The first kappa shape index (κ1) is 24.5. The van der Waals surface area contributed by atoms with Crippen molar-refractivity contribution < 1.29 is 4.39 Å². The van der Waals surface area contributed by atoms with Gasteiger partial charge in [0.1, 0.15) is 5.82 Å². The third-order valence-corrected chi connectivity index (χ3v) is 5.74.